The van der Waals surface area contributed by atoms with Gasteiger partial charge in [0.1, 0.15) is 5.52 Å². The van der Waals surface area contributed by atoms with Crippen molar-refractivity contribution in [3.05, 3.63) is 42.1 Å². The summed E-state index contributed by atoms with van der Waals surface area (Å²) in [5.41, 5.74) is 8.18. The summed E-state index contributed by atoms with van der Waals surface area (Å²) in [6, 6.07) is 9.52. The summed E-state index contributed by atoms with van der Waals surface area (Å²) in [6.07, 6.45) is 1.64. The van der Waals surface area contributed by atoms with Gasteiger partial charge in [-0.3, -0.25) is 4.98 Å². The minimum atomic E-state index is -0.0353. The van der Waals surface area contributed by atoms with Crippen molar-refractivity contribution in [2.75, 3.05) is 5.73 Å². The number of rotatable bonds is 1. The zero-order chi connectivity index (χ0) is 11.8. The number of aromatic nitrogens is 2. The second kappa shape index (κ2) is 3.68. The zero-order valence-electron chi connectivity index (χ0n) is 9.09. The molecule has 84 valence electrons. The first kappa shape index (κ1) is 9.99. The predicted molar refractivity (Wildman–Crippen MR) is 67.4 cm³/mol. The highest BCUT2D eigenvalue weighted by atomic mass is 16.3. The summed E-state index contributed by atoms with van der Waals surface area (Å²) >= 11 is 0. The molecule has 0 aliphatic heterocycles. The van der Waals surface area contributed by atoms with Gasteiger partial charge in [0, 0.05) is 17.0 Å². The average Bonchev–Trinajstić information content (AvgIpc) is 2.38. The van der Waals surface area contributed by atoms with Gasteiger partial charge in [-0.05, 0) is 17.7 Å². The monoisotopic (exact) mass is 225 g/mol. The number of para-hydroxylation sites is 1. The van der Waals surface area contributed by atoms with Crippen molar-refractivity contribution >= 4 is 27.6 Å². The molecule has 4 heteroatoms. The lowest BCUT2D eigenvalue weighted by molar-refractivity contribution is 0.283. The number of pyridine rings is 2. The highest BCUT2D eigenvalue weighted by molar-refractivity contribution is 6.09. The molecule has 2 heterocycles. The molecule has 0 spiro atoms. The Labute approximate surface area is 97.7 Å². The van der Waals surface area contributed by atoms with Gasteiger partial charge in [0.15, 0.2) is 5.82 Å². The van der Waals surface area contributed by atoms with E-state index in [0.717, 1.165) is 21.9 Å². The van der Waals surface area contributed by atoms with E-state index in [1.54, 1.807) is 12.3 Å². The average molecular weight is 225 g/mol. The van der Waals surface area contributed by atoms with E-state index in [4.69, 9.17) is 5.73 Å². The maximum atomic E-state index is 9.40. The molecule has 0 aliphatic carbocycles. The van der Waals surface area contributed by atoms with E-state index >= 15 is 0 Å². The Bertz CT molecular complexity index is 709. The summed E-state index contributed by atoms with van der Waals surface area (Å²) in [5.74, 6) is 0.397. The maximum Gasteiger partial charge on any atom is 0.150 e. The minimum absolute atomic E-state index is 0.0353. The number of aliphatic hydroxyl groups excluding tert-OH is 1. The van der Waals surface area contributed by atoms with Crippen molar-refractivity contribution < 1.29 is 5.11 Å². The summed E-state index contributed by atoms with van der Waals surface area (Å²) in [6.45, 7) is -0.0353. The van der Waals surface area contributed by atoms with E-state index in [1.807, 2.05) is 24.3 Å². The molecule has 0 fully saturated rings. The van der Waals surface area contributed by atoms with Crippen LogP contribution in [0.5, 0.6) is 0 Å². The Hall–Kier alpha value is -2.20. The summed E-state index contributed by atoms with van der Waals surface area (Å²) < 4.78 is 0. The van der Waals surface area contributed by atoms with Crippen molar-refractivity contribution in [3.63, 3.8) is 0 Å². The SMILES string of the molecule is Nc1nc2ccccc2c2c(CO)ccnc12. The highest BCUT2D eigenvalue weighted by Crippen LogP contribution is 2.28. The Morgan fingerprint density at radius 3 is 2.82 bits per heavy atom. The van der Waals surface area contributed by atoms with Crippen LogP contribution in [0.2, 0.25) is 0 Å². The van der Waals surface area contributed by atoms with E-state index in [0.29, 0.717) is 11.3 Å². The fourth-order valence-corrected chi connectivity index (χ4v) is 2.09. The normalized spacial score (nSPS) is 11.1. The number of aliphatic hydroxyl groups is 1. The van der Waals surface area contributed by atoms with Gasteiger partial charge in [-0.2, -0.15) is 0 Å². The number of fused-ring (bicyclic) bond motifs is 3. The van der Waals surface area contributed by atoms with E-state index in [9.17, 15) is 5.11 Å². The van der Waals surface area contributed by atoms with Crippen molar-refractivity contribution in [1.82, 2.24) is 9.97 Å². The molecule has 0 unspecified atom stereocenters. The second-order valence-corrected chi connectivity index (χ2v) is 3.87. The molecule has 2 aromatic heterocycles. The van der Waals surface area contributed by atoms with Crippen LogP contribution in [0, 0.1) is 0 Å². The molecule has 0 atom stereocenters. The topological polar surface area (TPSA) is 72.0 Å². The van der Waals surface area contributed by atoms with Crippen LogP contribution in [0.25, 0.3) is 21.8 Å². The van der Waals surface area contributed by atoms with Crippen LogP contribution in [0.3, 0.4) is 0 Å². The molecule has 3 rings (SSSR count). The smallest absolute Gasteiger partial charge is 0.150 e. The molecule has 17 heavy (non-hydrogen) atoms. The van der Waals surface area contributed by atoms with Crippen LogP contribution >= 0.6 is 0 Å². The first-order chi connectivity index (χ1) is 8.31. The van der Waals surface area contributed by atoms with E-state index in [1.165, 1.54) is 0 Å². The third-order valence-corrected chi connectivity index (χ3v) is 2.86. The number of nitrogens with zero attached hydrogens (tertiary/aromatic N) is 2. The summed E-state index contributed by atoms with van der Waals surface area (Å²) in [5, 5.41) is 11.3. The van der Waals surface area contributed by atoms with E-state index in [-0.39, 0.29) is 6.61 Å². The van der Waals surface area contributed by atoms with Gasteiger partial charge in [0.25, 0.3) is 0 Å². The van der Waals surface area contributed by atoms with Crippen molar-refractivity contribution in [2.24, 2.45) is 0 Å². The number of anilines is 1. The van der Waals surface area contributed by atoms with E-state index < -0.39 is 0 Å². The first-order valence-electron chi connectivity index (χ1n) is 5.34. The van der Waals surface area contributed by atoms with Crippen LogP contribution in [0.15, 0.2) is 36.5 Å². The fraction of sp³-hybridized carbons (Fsp3) is 0.0769. The number of nitrogen functional groups attached to an aromatic ring is 1. The zero-order valence-corrected chi connectivity index (χ0v) is 9.09. The third-order valence-electron chi connectivity index (χ3n) is 2.86. The minimum Gasteiger partial charge on any atom is -0.392 e. The largest absolute Gasteiger partial charge is 0.392 e. The van der Waals surface area contributed by atoms with Gasteiger partial charge in [0.2, 0.25) is 0 Å². The molecular formula is C13H11N3O. The number of benzene rings is 1. The molecule has 0 bridgehead atoms. The van der Waals surface area contributed by atoms with Crippen molar-refractivity contribution in [2.45, 2.75) is 6.61 Å². The molecular weight excluding hydrogens is 214 g/mol. The Balaban J connectivity index is 2.61. The maximum absolute atomic E-state index is 9.40. The molecule has 0 saturated carbocycles. The van der Waals surface area contributed by atoms with Gasteiger partial charge in [-0.1, -0.05) is 18.2 Å². The lowest BCUT2D eigenvalue weighted by Gasteiger charge is -2.08. The Morgan fingerprint density at radius 1 is 1.18 bits per heavy atom. The Kier molecular flexibility index (Phi) is 2.16. The van der Waals surface area contributed by atoms with Crippen LogP contribution in [0.1, 0.15) is 5.56 Å². The number of nitrogens with two attached hydrogens (primary N) is 1. The van der Waals surface area contributed by atoms with Crippen LogP contribution in [-0.2, 0) is 6.61 Å². The fourth-order valence-electron chi connectivity index (χ4n) is 2.09. The first-order valence-corrected chi connectivity index (χ1v) is 5.34. The lowest BCUT2D eigenvalue weighted by Crippen LogP contribution is -1.98. The molecule has 0 saturated heterocycles. The third kappa shape index (κ3) is 1.42. The molecule has 4 nitrogen and oxygen atoms in total. The predicted octanol–water partition coefficient (Wildman–Crippen LogP) is 1.86. The summed E-state index contributed by atoms with van der Waals surface area (Å²) in [7, 11) is 0. The lowest BCUT2D eigenvalue weighted by atomic mass is 10.0. The quantitative estimate of drug-likeness (QED) is 0.620. The second-order valence-electron chi connectivity index (χ2n) is 3.87. The summed E-state index contributed by atoms with van der Waals surface area (Å²) in [4.78, 5) is 8.55. The van der Waals surface area contributed by atoms with Gasteiger partial charge in [-0.15, -0.1) is 0 Å². The van der Waals surface area contributed by atoms with Gasteiger partial charge in [-0.25, -0.2) is 4.98 Å². The van der Waals surface area contributed by atoms with Gasteiger partial charge >= 0.3 is 0 Å². The Morgan fingerprint density at radius 2 is 2.00 bits per heavy atom. The highest BCUT2D eigenvalue weighted by Gasteiger charge is 2.09. The molecule has 3 N–H and O–H groups in total. The molecule has 0 amide bonds. The standard InChI is InChI=1S/C13H11N3O/c14-13-12-11(8(7-17)5-6-15-12)9-3-1-2-4-10(9)16-13/h1-6,17H,7H2,(H2,14,16). The molecule has 1 aromatic carbocycles. The van der Waals surface area contributed by atoms with Crippen molar-refractivity contribution in [3.8, 4) is 0 Å². The van der Waals surface area contributed by atoms with Crippen LogP contribution in [-0.4, -0.2) is 15.1 Å². The van der Waals surface area contributed by atoms with Crippen LogP contribution in [0.4, 0.5) is 5.82 Å². The van der Waals surface area contributed by atoms with Gasteiger partial charge < -0.3 is 10.8 Å². The molecule has 0 radical (unpaired) electrons. The van der Waals surface area contributed by atoms with Crippen LogP contribution < -0.4 is 5.73 Å². The number of hydrogen-bond donors (Lipinski definition) is 2. The van der Waals surface area contributed by atoms with Gasteiger partial charge in [0.05, 0.1) is 12.1 Å². The molecule has 3 aromatic rings. The molecule has 0 aliphatic rings. The van der Waals surface area contributed by atoms with E-state index in [2.05, 4.69) is 9.97 Å². The number of hydrogen-bond acceptors (Lipinski definition) is 4. The van der Waals surface area contributed by atoms with Crippen molar-refractivity contribution in [1.29, 1.82) is 0 Å².